The van der Waals surface area contributed by atoms with Gasteiger partial charge >= 0.3 is 5.97 Å². The van der Waals surface area contributed by atoms with Gasteiger partial charge in [-0.15, -0.1) is 0 Å². The minimum Gasteiger partial charge on any atom is -0.480 e. The van der Waals surface area contributed by atoms with E-state index in [0.29, 0.717) is 22.8 Å². The molecule has 4 nitrogen and oxygen atoms in total. The van der Waals surface area contributed by atoms with Crippen LogP contribution in [0.3, 0.4) is 0 Å². The van der Waals surface area contributed by atoms with Crippen LogP contribution in [0.15, 0.2) is 72.8 Å². The molecule has 3 aromatic carbocycles. The Morgan fingerprint density at radius 1 is 1.03 bits per heavy atom. The molecule has 0 saturated carbocycles. The molecule has 3 aromatic rings. The number of halogens is 2. The van der Waals surface area contributed by atoms with Crippen molar-refractivity contribution in [1.82, 2.24) is 0 Å². The molecule has 3 rings (SSSR count). The van der Waals surface area contributed by atoms with Crippen LogP contribution in [0, 0.1) is 11.6 Å². The molecule has 0 heterocycles. The Bertz CT molecular complexity index is 1100. The minimum atomic E-state index is -1.10. The van der Waals surface area contributed by atoms with Gasteiger partial charge in [-0.25, -0.2) is 8.78 Å². The van der Waals surface area contributed by atoms with E-state index in [4.69, 9.17) is 10.5 Å². The van der Waals surface area contributed by atoms with Gasteiger partial charge in [-0.3, -0.25) is 4.79 Å². The van der Waals surface area contributed by atoms with Crippen LogP contribution in [0.1, 0.15) is 42.9 Å². The second kappa shape index (κ2) is 10.2. The van der Waals surface area contributed by atoms with Crippen molar-refractivity contribution in [1.29, 1.82) is 0 Å². The SMILES string of the molecule is CC(C)c1ccc(/C(=C\CC(N)C(=O)O)c2ccccc2Oc2cc(F)cc(F)c2)cc1. The van der Waals surface area contributed by atoms with E-state index in [1.165, 1.54) is 0 Å². The summed E-state index contributed by atoms with van der Waals surface area (Å²) < 4.78 is 33.1. The maximum absolute atomic E-state index is 13.6. The van der Waals surface area contributed by atoms with Crippen molar-refractivity contribution in [3.8, 4) is 11.5 Å². The number of hydrogen-bond donors (Lipinski definition) is 2. The Hall–Kier alpha value is -3.51. The van der Waals surface area contributed by atoms with Gasteiger partial charge in [-0.2, -0.15) is 0 Å². The normalized spacial score (nSPS) is 12.6. The minimum absolute atomic E-state index is 0.0201. The van der Waals surface area contributed by atoms with Crippen LogP contribution < -0.4 is 10.5 Å². The van der Waals surface area contributed by atoms with Crippen molar-refractivity contribution in [2.45, 2.75) is 32.2 Å². The van der Waals surface area contributed by atoms with Gasteiger partial charge in [0.05, 0.1) is 0 Å². The lowest BCUT2D eigenvalue weighted by molar-refractivity contribution is -0.138. The maximum atomic E-state index is 13.6. The second-order valence-electron chi connectivity index (χ2n) is 7.78. The van der Waals surface area contributed by atoms with E-state index in [9.17, 15) is 18.7 Å². The molecule has 1 atom stereocenters. The van der Waals surface area contributed by atoms with Gasteiger partial charge < -0.3 is 15.6 Å². The summed E-state index contributed by atoms with van der Waals surface area (Å²) in [6, 6.07) is 16.9. The summed E-state index contributed by atoms with van der Waals surface area (Å²) in [4.78, 5) is 11.2. The lowest BCUT2D eigenvalue weighted by Gasteiger charge is -2.16. The molecule has 0 spiro atoms. The van der Waals surface area contributed by atoms with Crippen molar-refractivity contribution >= 4 is 11.5 Å². The number of benzene rings is 3. The third kappa shape index (κ3) is 5.80. The second-order valence-corrected chi connectivity index (χ2v) is 7.78. The van der Waals surface area contributed by atoms with Gasteiger partial charge in [0.25, 0.3) is 0 Å². The summed E-state index contributed by atoms with van der Waals surface area (Å²) in [7, 11) is 0. The predicted molar refractivity (Wildman–Crippen MR) is 121 cm³/mol. The first-order chi connectivity index (χ1) is 15.2. The van der Waals surface area contributed by atoms with Crippen LogP contribution in [0.25, 0.3) is 5.57 Å². The highest BCUT2D eigenvalue weighted by atomic mass is 19.1. The molecule has 0 radical (unpaired) electrons. The van der Waals surface area contributed by atoms with Crippen molar-refractivity contribution in [2.75, 3.05) is 0 Å². The van der Waals surface area contributed by atoms with E-state index in [-0.39, 0.29) is 12.2 Å². The summed E-state index contributed by atoms with van der Waals surface area (Å²) in [6.45, 7) is 4.19. The molecule has 0 saturated heterocycles. The number of carboxylic acids is 1. The number of aliphatic carboxylic acids is 1. The summed E-state index contributed by atoms with van der Waals surface area (Å²) in [5.74, 6) is -1.84. The molecule has 0 aliphatic carbocycles. The molecule has 0 aliphatic rings. The quantitative estimate of drug-likeness (QED) is 0.446. The van der Waals surface area contributed by atoms with Crippen LogP contribution in [0.4, 0.5) is 8.78 Å². The van der Waals surface area contributed by atoms with E-state index in [0.717, 1.165) is 29.3 Å². The molecule has 166 valence electrons. The fourth-order valence-corrected chi connectivity index (χ4v) is 3.27. The largest absolute Gasteiger partial charge is 0.480 e. The summed E-state index contributed by atoms with van der Waals surface area (Å²) >= 11 is 0. The molecule has 6 heteroatoms. The first kappa shape index (κ1) is 23.2. The van der Waals surface area contributed by atoms with Crippen LogP contribution in [-0.2, 0) is 4.79 Å². The van der Waals surface area contributed by atoms with Gasteiger partial charge in [0.2, 0.25) is 0 Å². The smallest absolute Gasteiger partial charge is 0.320 e. The monoisotopic (exact) mass is 437 g/mol. The van der Waals surface area contributed by atoms with Gasteiger partial charge in [-0.1, -0.05) is 62.4 Å². The number of carboxylic acid groups (broad SMARTS) is 1. The number of nitrogens with two attached hydrogens (primary N) is 1. The Morgan fingerprint density at radius 2 is 1.66 bits per heavy atom. The van der Waals surface area contributed by atoms with Gasteiger partial charge in [-0.05, 0) is 35.1 Å². The average Bonchev–Trinajstić information content (AvgIpc) is 2.74. The number of ether oxygens (including phenoxy) is 1. The maximum Gasteiger partial charge on any atom is 0.320 e. The topological polar surface area (TPSA) is 72.6 Å². The molecular weight excluding hydrogens is 412 g/mol. The van der Waals surface area contributed by atoms with E-state index in [2.05, 4.69) is 13.8 Å². The fraction of sp³-hybridized carbons (Fsp3) is 0.192. The van der Waals surface area contributed by atoms with Crippen LogP contribution in [0.5, 0.6) is 11.5 Å². The van der Waals surface area contributed by atoms with Crippen LogP contribution in [-0.4, -0.2) is 17.1 Å². The number of carbonyl (C=O) groups is 1. The molecule has 1 unspecified atom stereocenters. The molecule has 32 heavy (non-hydrogen) atoms. The van der Waals surface area contributed by atoms with Crippen LogP contribution >= 0.6 is 0 Å². The summed E-state index contributed by atoms with van der Waals surface area (Å²) in [5, 5.41) is 9.18. The molecule has 0 amide bonds. The molecular formula is C26H25F2NO3. The molecule has 0 bridgehead atoms. The van der Waals surface area contributed by atoms with E-state index in [1.54, 1.807) is 24.3 Å². The van der Waals surface area contributed by atoms with Crippen molar-refractivity contribution in [3.63, 3.8) is 0 Å². The number of hydrogen-bond acceptors (Lipinski definition) is 3. The highest BCUT2D eigenvalue weighted by Gasteiger charge is 2.16. The number of para-hydroxylation sites is 1. The third-order valence-corrected chi connectivity index (χ3v) is 5.02. The van der Waals surface area contributed by atoms with Crippen LogP contribution in [0.2, 0.25) is 0 Å². The van der Waals surface area contributed by atoms with E-state index < -0.39 is 23.6 Å². The first-order valence-electron chi connectivity index (χ1n) is 10.3. The van der Waals surface area contributed by atoms with Gasteiger partial charge in [0, 0.05) is 23.8 Å². The Kier molecular flexibility index (Phi) is 7.38. The third-order valence-electron chi connectivity index (χ3n) is 5.02. The Morgan fingerprint density at radius 3 is 2.25 bits per heavy atom. The molecule has 3 N–H and O–H groups in total. The lowest BCUT2D eigenvalue weighted by Crippen LogP contribution is -2.29. The van der Waals surface area contributed by atoms with Gasteiger partial charge in [0.1, 0.15) is 29.2 Å². The highest BCUT2D eigenvalue weighted by molar-refractivity contribution is 5.83. The number of rotatable bonds is 8. The standard InChI is InChI=1S/C26H25F2NO3/c1-16(2)17-7-9-18(10-8-17)22(11-12-24(29)26(30)31)23-5-3-4-6-25(23)32-21-14-19(27)13-20(28)15-21/h3-11,13-16,24H,12,29H2,1-2H3,(H,30,31)/b22-11+. The zero-order valence-corrected chi connectivity index (χ0v) is 17.9. The van der Waals surface area contributed by atoms with E-state index >= 15 is 0 Å². The summed E-state index contributed by atoms with van der Waals surface area (Å²) in [6.07, 6.45) is 1.84. The molecule has 0 aliphatic heterocycles. The van der Waals surface area contributed by atoms with E-state index in [1.807, 2.05) is 30.3 Å². The van der Waals surface area contributed by atoms with Gasteiger partial charge in [0.15, 0.2) is 0 Å². The summed E-state index contributed by atoms with van der Waals surface area (Å²) in [5.41, 5.74) is 9.08. The Labute approximate surface area is 186 Å². The molecule has 0 aromatic heterocycles. The zero-order chi connectivity index (χ0) is 23.3. The predicted octanol–water partition coefficient (Wildman–Crippen LogP) is 6.11. The first-order valence-corrected chi connectivity index (χ1v) is 10.3. The lowest BCUT2D eigenvalue weighted by atomic mass is 9.93. The fourth-order valence-electron chi connectivity index (χ4n) is 3.27. The molecule has 0 fully saturated rings. The Balaban J connectivity index is 2.06. The van der Waals surface area contributed by atoms with Crippen molar-refractivity contribution in [3.05, 3.63) is 101 Å². The average molecular weight is 437 g/mol. The zero-order valence-electron chi connectivity index (χ0n) is 17.9. The highest BCUT2D eigenvalue weighted by Crippen LogP contribution is 2.35. The van der Waals surface area contributed by atoms with Crippen molar-refractivity contribution < 1.29 is 23.4 Å². The van der Waals surface area contributed by atoms with Crippen molar-refractivity contribution in [2.24, 2.45) is 5.73 Å².